The summed E-state index contributed by atoms with van der Waals surface area (Å²) in [6, 6.07) is 0. The van der Waals surface area contributed by atoms with Crippen molar-refractivity contribution in [2.45, 2.75) is 46.1 Å². The van der Waals surface area contributed by atoms with Crippen LogP contribution < -0.4 is 10.6 Å². The molecule has 1 heterocycles. The molecule has 0 spiro atoms. The van der Waals surface area contributed by atoms with Crippen molar-refractivity contribution in [3.8, 4) is 0 Å². The van der Waals surface area contributed by atoms with Crippen LogP contribution in [0.1, 0.15) is 40.5 Å². The van der Waals surface area contributed by atoms with Crippen molar-refractivity contribution in [3.63, 3.8) is 0 Å². The van der Waals surface area contributed by atoms with E-state index in [1.54, 1.807) is 0 Å². The van der Waals surface area contributed by atoms with Crippen LogP contribution in [-0.4, -0.2) is 24.5 Å². The Morgan fingerprint density at radius 2 is 1.79 bits per heavy atom. The summed E-state index contributed by atoms with van der Waals surface area (Å²) in [5.74, 6) is 0.155. The van der Waals surface area contributed by atoms with E-state index in [4.69, 9.17) is 0 Å². The Balaban J connectivity index is 2.54. The third kappa shape index (κ3) is 2.98. The zero-order valence-electron chi connectivity index (χ0n) is 9.74. The topological polar surface area (TPSA) is 41.1 Å². The van der Waals surface area contributed by atoms with E-state index >= 15 is 0 Å². The fraction of sp³-hybridized carbons (Fsp3) is 0.909. The molecule has 0 aromatic rings. The second-order valence-corrected chi connectivity index (χ2v) is 5.51. The lowest BCUT2D eigenvalue weighted by molar-refractivity contribution is -0.130. The van der Waals surface area contributed by atoms with Crippen molar-refractivity contribution >= 4 is 5.91 Å². The van der Waals surface area contributed by atoms with Gasteiger partial charge in [-0.2, -0.15) is 0 Å². The molecule has 0 bridgehead atoms. The molecule has 14 heavy (non-hydrogen) atoms. The van der Waals surface area contributed by atoms with E-state index in [-0.39, 0.29) is 16.9 Å². The first-order chi connectivity index (χ1) is 6.33. The minimum atomic E-state index is -0.284. The smallest absolute Gasteiger partial charge is 0.225 e. The summed E-state index contributed by atoms with van der Waals surface area (Å²) < 4.78 is 0. The Labute approximate surface area is 86.6 Å². The van der Waals surface area contributed by atoms with Crippen LogP contribution in [0.4, 0.5) is 0 Å². The van der Waals surface area contributed by atoms with Gasteiger partial charge in [0.05, 0.1) is 0 Å². The normalized spacial score (nSPS) is 21.7. The summed E-state index contributed by atoms with van der Waals surface area (Å²) in [4.78, 5) is 11.8. The quantitative estimate of drug-likeness (QED) is 0.666. The summed E-state index contributed by atoms with van der Waals surface area (Å²) in [6.07, 6.45) is 2.05. The summed E-state index contributed by atoms with van der Waals surface area (Å²) >= 11 is 0. The van der Waals surface area contributed by atoms with Gasteiger partial charge < -0.3 is 10.6 Å². The molecule has 0 atom stereocenters. The largest absolute Gasteiger partial charge is 0.350 e. The first-order valence-electron chi connectivity index (χ1n) is 5.37. The third-order valence-corrected chi connectivity index (χ3v) is 2.80. The maximum absolute atomic E-state index is 11.8. The summed E-state index contributed by atoms with van der Waals surface area (Å²) in [6.45, 7) is 9.99. The Kier molecular flexibility index (Phi) is 3.20. The SMILES string of the molecule is CC1(NC(=O)C(C)(C)C)CCNCC1. The number of hydrogen-bond acceptors (Lipinski definition) is 2. The third-order valence-electron chi connectivity index (χ3n) is 2.80. The van der Waals surface area contributed by atoms with Gasteiger partial charge in [0.15, 0.2) is 0 Å². The van der Waals surface area contributed by atoms with Crippen LogP contribution in [0.5, 0.6) is 0 Å². The zero-order valence-corrected chi connectivity index (χ0v) is 9.74. The Morgan fingerprint density at radius 3 is 2.21 bits per heavy atom. The van der Waals surface area contributed by atoms with Crippen LogP contribution in [0.3, 0.4) is 0 Å². The highest BCUT2D eigenvalue weighted by atomic mass is 16.2. The standard InChI is InChI=1S/C11H22N2O/c1-10(2,3)9(14)13-11(4)5-7-12-8-6-11/h12H,5-8H2,1-4H3,(H,13,14). The van der Waals surface area contributed by atoms with Crippen LogP contribution in [0, 0.1) is 5.41 Å². The van der Waals surface area contributed by atoms with Gasteiger partial charge in [0.1, 0.15) is 0 Å². The van der Waals surface area contributed by atoms with Gasteiger partial charge in [0.2, 0.25) is 5.91 Å². The molecule has 0 aromatic heterocycles. The molecule has 3 heteroatoms. The van der Waals surface area contributed by atoms with Gasteiger partial charge in [0, 0.05) is 11.0 Å². The van der Waals surface area contributed by atoms with Crippen molar-refractivity contribution in [1.29, 1.82) is 0 Å². The van der Waals surface area contributed by atoms with Crippen molar-refractivity contribution in [3.05, 3.63) is 0 Å². The van der Waals surface area contributed by atoms with Crippen molar-refractivity contribution in [1.82, 2.24) is 10.6 Å². The lowest BCUT2D eigenvalue weighted by Crippen LogP contribution is -2.54. The van der Waals surface area contributed by atoms with E-state index in [0.717, 1.165) is 25.9 Å². The molecule has 0 saturated carbocycles. The predicted molar refractivity (Wildman–Crippen MR) is 58.1 cm³/mol. The van der Waals surface area contributed by atoms with Crippen LogP contribution in [0.25, 0.3) is 0 Å². The van der Waals surface area contributed by atoms with E-state index in [1.807, 2.05) is 20.8 Å². The Morgan fingerprint density at radius 1 is 1.29 bits per heavy atom. The number of nitrogens with one attached hydrogen (secondary N) is 2. The molecule has 1 aliphatic rings. The second kappa shape index (κ2) is 3.89. The molecule has 1 amide bonds. The molecule has 1 rings (SSSR count). The lowest BCUT2D eigenvalue weighted by atomic mass is 9.87. The number of piperidine rings is 1. The average molecular weight is 198 g/mol. The lowest BCUT2D eigenvalue weighted by Gasteiger charge is -2.37. The highest BCUT2D eigenvalue weighted by Gasteiger charge is 2.32. The number of carbonyl (C=O) groups is 1. The van der Waals surface area contributed by atoms with Gasteiger partial charge in [-0.15, -0.1) is 0 Å². The fourth-order valence-electron chi connectivity index (χ4n) is 1.57. The first-order valence-corrected chi connectivity index (χ1v) is 5.37. The number of hydrogen-bond donors (Lipinski definition) is 2. The van der Waals surface area contributed by atoms with Crippen LogP contribution >= 0.6 is 0 Å². The van der Waals surface area contributed by atoms with Gasteiger partial charge in [0.25, 0.3) is 0 Å². The number of rotatable bonds is 1. The van der Waals surface area contributed by atoms with Gasteiger partial charge in [-0.25, -0.2) is 0 Å². The summed E-state index contributed by atoms with van der Waals surface area (Å²) in [7, 11) is 0. The number of amides is 1. The molecular weight excluding hydrogens is 176 g/mol. The Hall–Kier alpha value is -0.570. The number of carbonyl (C=O) groups excluding carboxylic acids is 1. The molecule has 3 nitrogen and oxygen atoms in total. The predicted octanol–water partition coefficient (Wildman–Crippen LogP) is 1.29. The summed E-state index contributed by atoms with van der Waals surface area (Å²) in [5, 5.41) is 6.46. The molecule has 0 aromatic carbocycles. The maximum Gasteiger partial charge on any atom is 0.225 e. The molecule has 1 aliphatic heterocycles. The van der Waals surface area contributed by atoms with E-state index < -0.39 is 0 Å². The molecule has 82 valence electrons. The van der Waals surface area contributed by atoms with Crippen molar-refractivity contribution in [2.75, 3.05) is 13.1 Å². The summed E-state index contributed by atoms with van der Waals surface area (Å²) in [5.41, 5.74) is -0.288. The van der Waals surface area contributed by atoms with E-state index in [1.165, 1.54) is 0 Å². The van der Waals surface area contributed by atoms with E-state index in [2.05, 4.69) is 17.6 Å². The zero-order chi connectivity index (χ0) is 10.8. The Bertz CT molecular complexity index is 212. The van der Waals surface area contributed by atoms with E-state index in [0.29, 0.717) is 0 Å². The van der Waals surface area contributed by atoms with Gasteiger partial charge in [-0.1, -0.05) is 20.8 Å². The average Bonchev–Trinajstić information content (AvgIpc) is 2.02. The molecular formula is C11H22N2O. The molecule has 0 radical (unpaired) electrons. The molecule has 1 fully saturated rings. The van der Waals surface area contributed by atoms with E-state index in [9.17, 15) is 4.79 Å². The monoisotopic (exact) mass is 198 g/mol. The maximum atomic E-state index is 11.8. The minimum absolute atomic E-state index is 0.00435. The molecule has 0 aliphatic carbocycles. The fourth-order valence-corrected chi connectivity index (χ4v) is 1.57. The van der Waals surface area contributed by atoms with Crippen LogP contribution in [0.15, 0.2) is 0 Å². The van der Waals surface area contributed by atoms with Crippen LogP contribution in [0.2, 0.25) is 0 Å². The first kappa shape index (κ1) is 11.5. The van der Waals surface area contributed by atoms with Crippen molar-refractivity contribution < 1.29 is 4.79 Å². The highest BCUT2D eigenvalue weighted by molar-refractivity contribution is 5.82. The van der Waals surface area contributed by atoms with Crippen LogP contribution in [-0.2, 0) is 4.79 Å². The second-order valence-electron chi connectivity index (χ2n) is 5.51. The molecule has 0 unspecified atom stereocenters. The highest BCUT2D eigenvalue weighted by Crippen LogP contribution is 2.21. The minimum Gasteiger partial charge on any atom is -0.350 e. The molecule has 1 saturated heterocycles. The van der Waals surface area contributed by atoms with Crippen molar-refractivity contribution in [2.24, 2.45) is 5.41 Å². The van der Waals surface area contributed by atoms with Gasteiger partial charge in [-0.05, 0) is 32.9 Å². The van der Waals surface area contributed by atoms with Gasteiger partial charge >= 0.3 is 0 Å². The van der Waals surface area contributed by atoms with Gasteiger partial charge in [-0.3, -0.25) is 4.79 Å². The molecule has 2 N–H and O–H groups in total.